The Labute approximate surface area is 104 Å². The van der Waals surface area contributed by atoms with Gasteiger partial charge in [-0.2, -0.15) is 0 Å². The highest BCUT2D eigenvalue weighted by atomic mass is 19.1. The number of aliphatic hydroxyl groups excluding tert-OH is 1. The summed E-state index contributed by atoms with van der Waals surface area (Å²) in [6.07, 6.45) is -1.02. The number of hydrogen-bond donors (Lipinski definition) is 3. The zero-order valence-corrected chi connectivity index (χ0v) is 9.84. The number of rotatable bonds is 2. The Kier molecular flexibility index (Phi) is 2.77. The Morgan fingerprint density at radius 1 is 1.39 bits per heavy atom. The van der Waals surface area contributed by atoms with Gasteiger partial charge < -0.3 is 20.3 Å². The molecule has 0 spiro atoms. The quantitative estimate of drug-likeness (QED) is 0.709. The Balaban J connectivity index is 1.78. The van der Waals surface area contributed by atoms with Gasteiger partial charge in [0.25, 0.3) is 0 Å². The lowest BCUT2D eigenvalue weighted by Gasteiger charge is -2.27. The molecule has 18 heavy (non-hydrogen) atoms. The third-order valence-corrected chi connectivity index (χ3v) is 4.00. The SMILES string of the molecule is O[C@H]1[C@@H](Oc2ccccc2F)C[C@@H]2CNC[C@@]21O. The van der Waals surface area contributed by atoms with Crippen molar-refractivity contribution in [2.75, 3.05) is 13.1 Å². The number of benzene rings is 1. The minimum Gasteiger partial charge on any atom is -0.485 e. The first-order valence-corrected chi connectivity index (χ1v) is 6.13. The molecule has 0 amide bonds. The monoisotopic (exact) mass is 253 g/mol. The number of halogens is 1. The molecule has 2 aliphatic rings. The Morgan fingerprint density at radius 2 is 2.17 bits per heavy atom. The predicted molar refractivity (Wildman–Crippen MR) is 62.7 cm³/mol. The topological polar surface area (TPSA) is 61.7 Å². The molecule has 1 heterocycles. The maximum Gasteiger partial charge on any atom is 0.165 e. The lowest BCUT2D eigenvalue weighted by Crippen LogP contribution is -2.48. The van der Waals surface area contributed by atoms with E-state index in [4.69, 9.17) is 4.74 Å². The van der Waals surface area contributed by atoms with Crippen molar-refractivity contribution in [1.29, 1.82) is 0 Å². The molecule has 3 rings (SSSR count). The standard InChI is InChI=1S/C13H16FNO3/c14-9-3-1-2-4-10(9)18-11-5-8-6-15-7-13(8,17)12(11)16/h1-4,8,11-12,15-17H,5-7H2/t8-,11+,12+,13-/m1/s1. The van der Waals surface area contributed by atoms with Crippen LogP contribution in [0.5, 0.6) is 5.75 Å². The summed E-state index contributed by atoms with van der Waals surface area (Å²) in [5.41, 5.74) is -1.14. The number of β-amino-alcohol motifs (C(OH)–C–C–N with tert-alkyl or cyclic N) is 1. The van der Waals surface area contributed by atoms with Crippen molar-refractivity contribution in [3.05, 3.63) is 30.1 Å². The molecule has 5 heteroatoms. The highest BCUT2D eigenvalue weighted by molar-refractivity contribution is 5.25. The van der Waals surface area contributed by atoms with Gasteiger partial charge in [-0.15, -0.1) is 0 Å². The van der Waals surface area contributed by atoms with E-state index in [0.29, 0.717) is 19.5 Å². The number of ether oxygens (including phenoxy) is 1. The van der Waals surface area contributed by atoms with Crippen molar-refractivity contribution in [2.45, 2.75) is 24.2 Å². The molecule has 1 aliphatic carbocycles. The first-order valence-electron chi connectivity index (χ1n) is 6.13. The van der Waals surface area contributed by atoms with Crippen molar-refractivity contribution in [1.82, 2.24) is 5.32 Å². The molecule has 1 saturated heterocycles. The van der Waals surface area contributed by atoms with Gasteiger partial charge in [-0.3, -0.25) is 0 Å². The molecule has 0 bridgehead atoms. The average molecular weight is 253 g/mol. The summed E-state index contributed by atoms with van der Waals surface area (Å²) in [5.74, 6) is -0.366. The van der Waals surface area contributed by atoms with E-state index < -0.39 is 23.6 Å². The number of para-hydroxylation sites is 1. The van der Waals surface area contributed by atoms with Crippen molar-refractivity contribution >= 4 is 0 Å². The summed E-state index contributed by atoms with van der Waals surface area (Å²) >= 11 is 0. The fourth-order valence-corrected chi connectivity index (χ4v) is 2.95. The van der Waals surface area contributed by atoms with E-state index in [1.165, 1.54) is 12.1 Å². The van der Waals surface area contributed by atoms with E-state index in [-0.39, 0.29) is 11.7 Å². The molecular weight excluding hydrogens is 237 g/mol. The molecule has 0 aromatic heterocycles. The van der Waals surface area contributed by atoms with Crippen LogP contribution >= 0.6 is 0 Å². The molecule has 3 N–H and O–H groups in total. The molecule has 1 saturated carbocycles. The second kappa shape index (κ2) is 4.19. The van der Waals surface area contributed by atoms with Crippen molar-refractivity contribution in [3.63, 3.8) is 0 Å². The van der Waals surface area contributed by atoms with E-state index >= 15 is 0 Å². The van der Waals surface area contributed by atoms with Crippen molar-refractivity contribution in [3.8, 4) is 5.75 Å². The Bertz CT molecular complexity index is 456. The highest BCUT2D eigenvalue weighted by Crippen LogP contribution is 2.40. The van der Waals surface area contributed by atoms with E-state index in [1.807, 2.05) is 0 Å². The van der Waals surface area contributed by atoms with Crippen LogP contribution in [0.25, 0.3) is 0 Å². The molecule has 1 aromatic rings. The summed E-state index contributed by atoms with van der Waals surface area (Å²) in [7, 11) is 0. The van der Waals surface area contributed by atoms with Gasteiger partial charge in [-0.05, 0) is 18.6 Å². The molecule has 4 nitrogen and oxygen atoms in total. The van der Waals surface area contributed by atoms with E-state index in [9.17, 15) is 14.6 Å². The third kappa shape index (κ3) is 1.70. The summed E-state index contributed by atoms with van der Waals surface area (Å²) < 4.78 is 19.0. The number of aliphatic hydroxyl groups is 2. The second-order valence-corrected chi connectivity index (χ2v) is 5.09. The fraction of sp³-hybridized carbons (Fsp3) is 0.538. The van der Waals surface area contributed by atoms with Crippen LogP contribution in [0, 0.1) is 11.7 Å². The van der Waals surface area contributed by atoms with Gasteiger partial charge in [-0.25, -0.2) is 4.39 Å². The maximum atomic E-state index is 13.5. The third-order valence-electron chi connectivity index (χ3n) is 4.00. The van der Waals surface area contributed by atoms with Crippen LogP contribution in [-0.4, -0.2) is 41.1 Å². The van der Waals surface area contributed by atoms with Crippen LogP contribution in [0.15, 0.2) is 24.3 Å². The molecule has 0 radical (unpaired) electrons. The van der Waals surface area contributed by atoms with Crippen LogP contribution in [0.2, 0.25) is 0 Å². The van der Waals surface area contributed by atoms with E-state index in [1.54, 1.807) is 12.1 Å². The maximum absolute atomic E-state index is 13.5. The molecular formula is C13H16FNO3. The number of hydrogen-bond acceptors (Lipinski definition) is 4. The predicted octanol–water partition coefficient (Wildman–Crippen LogP) is 0.288. The van der Waals surface area contributed by atoms with Gasteiger partial charge in [-0.1, -0.05) is 12.1 Å². The zero-order valence-electron chi connectivity index (χ0n) is 9.84. The molecule has 1 aliphatic heterocycles. The molecule has 98 valence electrons. The first kappa shape index (κ1) is 11.9. The normalized spacial score (nSPS) is 38.7. The van der Waals surface area contributed by atoms with E-state index in [2.05, 4.69) is 5.32 Å². The molecule has 1 aromatic carbocycles. The number of fused-ring (bicyclic) bond motifs is 1. The minimum absolute atomic E-state index is 0.0377. The van der Waals surface area contributed by atoms with Crippen molar-refractivity contribution in [2.24, 2.45) is 5.92 Å². The van der Waals surface area contributed by atoms with Gasteiger partial charge in [0, 0.05) is 19.0 Å². The van der Waals surface area contributed by atoms with Crippen molar-refractivity contribution < 1.29 is 19.3 Å². The summed E-state index contributed by atoms with van der Waals surface area (Å²) in [5, 5.41) is 23.5. The van der Waals surface area contributed by atoms with Gasteiger partial charge in [0.05, 0.1) is 0 Å². The van der Waals surface area contributed by atoms with E-state index in [0.717, 1.165) is 0 Å². The fourth-order valence-electron chi connectivity index (χ4n) is 2.95. The van der Waals surface area contributed by atoms with Crippen LogP contribution < -0.4 is 10.1 Å². The second-order valence-electron chi connectivity index (χ2n) is 5.09. The summed E-state index contributed by atoms with van der Waals surface area (Å²) in [6.45, 7) is 1.01. The lowest BCUT2D eigenvalue weighted by molar-refractivity contribution is -0.0816. The van der Waals surface area contributed by atoms with Gasteiger partial charge in [0.15, 0.2) is 11.6 Å². The Hall–Kier alpha value is -1.17. The number of nitrogens with one attached hydrogen (secondary N) is 1. The summed E-state index contributed by atoms with van der Waals surface area (Å²) in [6, 6.07) is 6.10. The summed E-state index contributed by atoms with van der Waals surface area (Å²) in [4.78, 5) is 0. The zero-order chi connectivity index (χ0) is 12.8. The largest absolute Gasteiger partial charge is 0.485 e. The van der Waals surface area contributed by atoms with Gasteiger partial charge in [0.2, 0.25) is 0 Å². The molecule has 0 unspecified atom stereocenters. The van der Waals surface area contributed by atoms with Crippen LogP contribution in [-0.2, 0) is 0 Å². The highest BCUT2D eigenvalue weighted by Gasteiger charge is 2.57. The first-order chi connectivity index (χ1) is 8.61. The lowest BCUT2D eigenvalue weighted by atomic mass is 9.93. The minimum atomic E-state index is -1.14. The van der Waals surface area contributed by atoms with Crippen LogP contribution in [0.4, 0.5) is 4.39 Å². The van der Waals surface area contributed by atoms with Crippen LogP contribution in [0.3, 0.4) is 0 Å². The smallest absolute Gasteiger partial charge is 0.165 e. The van der Waals surface area contributed by atoms with Gasteiger partial charge >= 0.3 is 0 Å². The Morgan fingerprint density at radius 3 is 2.89 bits per heavy atom. The molecule has 2 fully saturated rings. The average Bonchev–Trinajstić information content (AvgIpc) is 2.82. The van der Waals surface area contributed by atoms with Crippen LogP contribution in [0.1, 0.15) is 6.42 Å². The molecule has 4 atom stereocenters. The van der Waals surface area contributed by atoms with Gasteiger partial charge in [0.1, 0.15) is 17.8 Å².